The third-order valence-corrected chi connectivity index (χ3v) is 11.8. The van der Waals surface area contributed by atoms with E-state index < -0.39 is 49.5 Å². The summed E-state index contributed by atoms with van der Waals surface area (Å²) in [5, 5.41) is 54.4. The van der Waals surface area contributed by atoms with Gasteiger partial charge in [-0.25, -0.2) is 0 Å². The molecule has 1 heterocycles. The Bertz CT molecular complexity index is 961. The smallest absolute Gasteiger partial charge is 0.220 e. The van der Waals surface area contributed by atoms with Gasteiger partial charge in [-0.2, -0.15) is 0 Å². The minimum Gasteiger partial charge on any atom is -0.394 e. The molecule has 7 atom stereocenters. The molecule has 7 unspecified atom stereocenters. The molecule has 0 radical (unpaired) electrons. The van der Waals surface area contributed by atoms with Crippen LogP contribution < -0.4 is 5.32 Å². The number of ether oxygens (including phenoxy) is 2. The van der Waals surface area contributed by atoms with Crippen molar-refractivity contribution < 1.29 is 39.8 Å². The van der Waals surface area contributed by atoms with Crippen molar-refractivity contribution in [3.05, 3.63) is 24.3 Å². The molecule has 1 fully saturated rings. The van der Waals surface area contributed by atoms with E-state index in [4.69, 9.17) is 9.47 Å². The molecule has 1 rings (SSSR count). The van der Waals surface area contributed by atoms with Crippen molar-refractivity contribution in [1.29, 1.82) is 0 Å². The summed E-state index contributed by atoms with van der Waals surface area (Å²) in [6.45, 7) is 3.82. The molecule has 1 saturated heterocycles. The van der Waals surface area contributed by atoms with E-state index >= 15 is 0 Å². The van der Waals surface area contributed by atoms with Crippen molar-refractivity contribution >= 4 is 5.91 Å². The quantitative estimate of drug-likeness (QED) is 0.0264. The summed E-state index contributed by atoms with van der Waals surface area (Å²) < 4.78 is 11.3. The van der Waals surface area contributed by atoms with Gasteiger partial charge in [0.05, 0.1) is 25.4 Å². The van der Waals surface area contributed by atoms with Crippen LogP contribution in [0.5, 0.6) is 0 Å². The highest BCUT2D eigenvalue weighted by atomic mass is 16.7. The number of carbonyl (C=O) groups is 1. The normalized spacial score (nSPS) is 21.0. The van der Waals surface area contributed by atoms with Crippen molar-refractivity contribution in [3.8, 4) is 0 Å². The number of rotatable bonds is 41. The Balaban J connectivity index is 2.30. The minimum atomic E-state index is -1.55. The minimum absolute atomic E-state index is 0.139. The third kappa shape index (κ3) is 29.8. The Morgan fingerprint density at radius 3 is 1.52 bits per heavy atom. The number of allylic oxidation sites excluding steroid dienone is 4. The first-order chi connectivity index (χ1) is 28.3. The second kappa shape index (κ2) is 39.8. The monoisotopic (exact) mass is 824 g/mol. The maximum absolute atomic E-state index is 13.0. The zero-order valence-electron chi connectivity index (χ0n) is 37.6. The molecule has 0 aromatic heterocycles. The largest absolute Gasteiger partial charge is 0.394 e. The van der Waals surface area contributed by atoms with Crippen LogP contribution in [0, 0.1) is 0 Å². The first kappa shape index (κ1) is 54.7. The molecule has 0 bridgehead atoms. The Labute approximate surface area is 356 Å². The van der Waals surface area contributed by atoms with E-state index in [1.807, 2.05) is 0 Å². The van der Waals surface area contributed by atoms with Crippen LogP contribution in [0.25, 0.3) is 0 Å². The molecule has 9 heteroatoms. The summed E-state index contributed by atoms with van der Waals surface area (Å²) in [5.74, 6) is -0.151. The van der Waals surface area contributed by atoms with E-state index in [9.17, 15) is 30.3 Å². The summed E-state index contributed by atoms with van der Waals surface area (Å²) in [6, 6.07) is -0.721. The second-order valence-electron chi connectivity index (χ2n) is 17.3. The van der Waals surface area contributed by atoms with Gasteiger partial charge in [0.25, 0.3) is 0 Å². The number of carbonyl (C=O) groups excluding carboxylic acids is 1. The fourth-order valence-electron chi connectivity index (χ4n) is 7.84. The lowest BCUT2D eigenvalue weighted by molar-refractivity contribution is -0.302. The summed E-state index contributed by atoms with van der Waals surface area (Å²) in [7, 11) is 0. The Kier molecular flexibility index (Phi) is 37.5. The van der Waals surface area contributed by atoms with Crippen molar-refractivity contribution in [2.45, 2.75) is 269 Å². The van der Waals surface area contributed by atoms with Crippen LogP contribution in [0.4, 0.5) is 0 Å². The van der Waals surface area contributed by atoms with Gasteiger partial charge in [-0.15, -0.1) is 0 Å². The number of nitrogens with one attached hydrogen (secondary N) is 1. The average Bonchev–Trinajstić information content (AvgIpc) is 3.22. The Morgan fingerprint density at radius 2 is 1.02 bits per heavy atom. The highest BCUT2D eigenvalue weighted by Gasteiger charge is 2.44. The van der Waals surface area contributed by atoms with Crippen LogP contribution in [0.3, 0.4) is 0 Å². The van der Waals surface area contributed by atoms with Crippen molar-refractivity contribution in [1.82, 2.24) is 5.32 Å². The highest BCUT2D eigenvalue weighted by Crippen LogP contribution is 2.23. The molecule has 1 amide bonds. The lowest BCUT2D eigenvalue weighted by Gasteiger charge is -2.40. The molecular weight excluding hydrogens is 731 g/mol. The summed E-state index contributed by atoms with van der Waals surface area (Å²) >= 11 is 0. The molecule has 0 saturated carbocycles. The van der Waals surface area contributed by atoms with Crippen LogP contribution in [-0.4, -0.2) is 87.5 Å². The van der Waals surface area contributed by atoms with E-state index in [1.165, 1.54) is 148 Å². The van der Waals surface area contributed by atoms with Crippen LogP contribution in [0.15, 0.2) is 24.3 Å². The van der Waals surface area contributed by atoms with Gasteiger partial charge in [0.2, 0.25) is 5.91 Å². The number of amides is 1. The number of hydrogen-bond acceptors (Lipinski definition) is 8. The number of aliphatic hydroxyl groups excluding tert-OH is 5. The van der Waals surface area contributed by atoms with E-state index in [1.54, 1.807) is 0 Å². The number of unbranched alkanes of at least 4 members (excludes halogenated alkanes) is 27. The first-order valence-corrected chi connectivity index (χ1v) is 24.5. The van der Waals surface area contributed by atoms with Gasteiger partial charge in [-0.1, -0.05) is 199 Å². The summed E-state index contributed by atoms with van der Waals surface area (Å²) in [5.41, 5.74) is 0. The van der Waals surface area contributed by atoms with E-state index in [0.717, 1.165) is 51.4 Å². The predicted molar refractivity (Wildman–Crippen MR) is 240 cm³/mol. The maximum Gasteiger partial charge on any atom is 0.220 e. The summed E-state index contributed by atoms with van der Waals surface area (Å²) in [6.07, 6.45) is 40.3. The summed E-state index contributed by atoms with van der Waals surface area (Å²) in [4.78, 5) is 13.0. The molecule has 6 N–H and O–H groups in total. The zero-order valence-corrected chi connectivity index (χ0v) is 37.6. The molecule has 9 nitrogen and oxygen atoms in total. The average molecular weight is 824 g/mol. The van der Waals surface area contributed by atoms with Crippen LogP contribution in [0.2, 0.25) is 0 Å². The van der Waals surface area contributed by atoms with Gasteiger partial charge < -0.3 is 40.3 Å². The Hall–Kier alpha value is -1.33. The third-order valence-electron chi connectivity index (χ3n) is 11.8. The van der Waals surface area contributed by atoms with Crippen molar-refractivity contribution in [3.63, 3.8) is 0 Å². The zero-order chi connectivity index (χ0) is 42.3. The van der Waals surface area contributed by atoms with Crippen LogP contribution in [0.1, 0.15) is 226 Å². The predicted octanol–water partition coefficient (Wildman–Crippen LogP) is 10.7. The highest BCUT2D eigenvalue weighted by molar-refractivity contribution is 5.76. The van der Waals surface area contributed by atoms with E-state index in [2.05, 4.69) is 43.5 Å². The first-order valence-electron chi connectivity index (χ1n) is 24.5. The number of hydrogen-bond donors (Lipinski definition) is 6. The van der Waals surface area contributed by atoms with E-state index in [0.29, 0.717) is 12.8 Å². The van der Waals surface area contributed by atoms with Gasteiger partial charge in [0.15, 0.2) is 6.29 Å². The van der Waals surface area contributed by atoms with Crippen LogP contribution in [-0.2, 0) is 14.3 Å². The molecule has 0 aromatic carbocycles. The fourth-order valence-corrected chi connectivity index (χ4v) is 7.84. The molecule has 58 heavy (non-hydrogen) atoms. The molecule has 1 aliphatic heterocycles. The lowest BCUT2D eigenvalue weighted by Crippen LogP contribution is -2.60. The van der Waals surface area contributed by atoms with E-state index in [-0.39, 0.29) is 12.5 Å². The van der Waals surface area contributed by atoms with Gasteiger partial charge >= 0.3 is 0 Å². The van der Waals surface area contributed by atoms with Gasteiger partial charge in [0.1, 0.15) is 24.4 Å². The molecule has 0 aliphatic carbocycles. The van der Waals surface area contributed by atoms with Gasteiger partial charge in [-0.05, 0) is 44.9 Å². The van der Waals surface area contributed by atoms with Gasteiger partial charge in [0, 0.05) is 6.42 Å². The molecule has 0 spiro atoms. The molecule has 342 valence electrons. The fraction of sp³-hybridized carbons (Fsp3) is 0.898. The van der Waals surface area contributed by atoms with Crippen LogP contribution >= 0.6 is 0 Å². The second-order valence-corrected chi connectivity index (χ2v) is 17.3. The molecule has 0 aromatic rings. The topological polar surface area (TPSA) is 149 Å². The number of aliphatic hydroxyl groups is 5. The lowest BCUT2D eigenvalue weighted by atomic mass is 9.99. The van der Waals surface area contributed by atoms with Crippen molar-refractivity contribution in [2.24, 2.45) is 0 Å². The molecular formula is C49H93NO8. The maximum atomic E-state index is 13.0. The SMILES string of the molecule is CCCCC/C=C\C/C=C\CCCCCCCCCC(=O)NC(COC1OC(CO)C(O)C(O)C1O)C(O)CCCCCCCCCCCCCCCCCCCC. The molecule has 1 aliphatic rings. The van der Waals surface area contributed by atoms with Gasteiger partial charge in [-0.3, -0.25) is 4.79 Å². The standard InChI is InChI=1S/C49H93NO8/c1-3-5-7-9-11-13-15-17-19-21-23-24-26-28-30-32-34-36-38-43(52)42(41-57-49-48(56)47(55)46(54)44(40-51)58-49)50-45(53)39-37-35-33-31-29-27-25-22-20-18-16-14-12-10-8-6-4-2/h12,14,18,20,42-44,46-49,51-52,54-56H,3-11,13,15-17,19,21-41H2,1-2H3,(H,50,53)/b14-12-,20-18-. The Morgan fingerprint density at radius 1 is 0.586 bits per heavy atom. The van der Waals surface area contributed by atoms with Crippen molar-refractivity contribution in [2.75, 3.05) is 13.2 Å².